The lowest BCUT2D eigenvalue weighted by molar-refractivity contribution is 0.418. The van der Waals surface area contributed by atoms with Crippen LogP contribution in [0, 0.1) is 0 Å². The third-order valence-corrected chi connectivity index (χ3v) is 7.11. The molecule has 0 saturated heterocycles. The SMILES string of the molecule is COc1cccc2c1P(=O)(C(C)(C)C)CN2. The van der Waals surface area contributed by atoms with Gasteiger partial charge in [0.25, 0.3) is 0 Å². The molecule has 0 bridgehead atoms. The van der Waals surface area contributed by atoms with Crippen LogP contribution < -0.4 is 15.4 Å². The molecule has 1 aliphatic rings. The normalized spacial score (nSPS) is 23.8. The lowest BCUT2D eigenvalue weighted by atomic mass is 10.2. The lowest BCUT2D eigenvalue weighted by Gasteiger charge is -2.28. The third-order valence-electron chi connectivity index (χ3n) is 3.16. The molecule has 1 aliphatic heterocycles. The van der Waals surface area contributed by atoms with Crippen molar-refractivity contribution in [3.8, 4) is 5.75 Å². The van der Waals surface area contributed by atoms with E-state index in [1.54, 1.807) is 7.11 Å². The highest BCUT2D eigenvalue weighted by Gasteiger charge is 2.45. The molecule has 1 atom stereocenters. The minimum atomic E-state index is -2.43. The van der Waals surface area contributed by atoms with E-state index in [-0.39, 0.29) is 5.16 Å². The zero-order valence-corrected chi connectivity index (χ0v) is 11.1. The first-order chi connectivity index (χ1) is 7.40. The zero-order chi connectivity index (χ0) is 12.0. The number of anilines is 1. The Labute approximate surface area is 96.6 Å². The van der Waals surface area contributed by atoms with Crippen LogP contribution in [0.2, 0.25) is 0 Å². The Morgan fingerprint density at radius 2 is 2.06 bits per heavy atom. The summed E-state index contributed by atoms with van der Waals surface area (Å²) in [6, 6.07) is 5.76. The van der Waals surface area contributed by atoms with Gasteiger partial charge in [0.1, 0.15) is 12.9 Å². The number of ether oxygens (including phenoxy) is 1. The molecule has 1 aromatic carbocycles. The maximum atomic E-state index is 13.1. The molecular weight excluding hydrogens is 221 g/mol. The Balaban J connectivity index is 2.67. The highest BCUT2D eigenvalue weighted by molar-refractivity contribution is 7.74. The summed E-state index contributed by atoms with van der Waals surface area (Å²) >= 11 is 0. The molecule has 1 unspecified atom stereocenters. The van der Waals surface area contributed by atoms with Crippen molar-refractivity contribution >= 4 is 18.1 Å². The van der Waals surface area contributed by atoms with Gasteiger partial charge in [0, 0.05) is 10.8 Å². The van der Waals surface area contributed by atoms with Crippen LogP contribution in [0.25, 0.3) is 0 Å². The van der Waals surface area contributed by atoms with E-state index in [2.05, 4.69) is 5.32 Å². The van der Waals surface area contributed by atoms with Gasteiger partial charge in [-0.2, -0.15) is 0 Å². The van der Waals surface area contributed by atoms with E-state index >= 15 is 0 Å². The van der Waals surface area contributed by atoms with Gasteiger partial charge in [-0.1, -0.05) is 26.8 Å². The van der Waals surface area contributed by atoms with E-state index in [1.807, 2.05) is 39.0 Å². The monoisotopic (exact) mass is 239 g/mol. The predicted molar refractivity (Wildman–Crippen MR) is 68.5 cm³/mol. The highest BCUT2D eigenvalue weighted by atomic mass is 31.2. The molecule has 16 heavy (non-hydrogen) atoms. The van der Waals surface area contributed by atoms with E-state index in [0.717, 1.165) is 16.7 Å². The second kappa shape index (κ2) is 3.53. The van der Waals surface area contributed by atoms with Crippen LogP contribution in [-0.4, -0.2) is 18.6 Å². The molecule has 3 nitrogen and oxygen atoms in total. The fourth-order valence-corrected chi connectivity index (χ4v) is 4.81. The summed E-state index contributed by atoms with van der Waals surface area (Å²) in [5, 5.41) is 3.87. The predicted octanol–water partition coefficient (Wildman–Crippen LogP) is 2.87. The number of fused-ring (bicyclic) bond motifs is 1. The van der Waals surface area contributed by atoms with Crippen LogP contribution in [0.5, 0.6) is 5.75 Å². The summed E-state index contributed by atoms with van der Waals surface area (Å²) in [5.74, 6) is 0.737. The van der Waals surface area contributed by atoms with E-state index in [9.17, 15) is 4.57 Å². The Morgan fingerprint density at radius 1 is 1.38 bits per heavy atom. The van der Waals surface area contributed by atoms with Crippen molar-refractivity contribution in [2.24, 2.45) is 0 Å². The van der Waals surface area contributed by atoms with Gasteiger partial charge in [0.05, 0.1) is 18.7 Å². The van der Waals surface area contributed by atoms with Crippen molar-refractivity contribution < 1.29 is 9.30 Å². The van der Waals surface area contributed by atoms with Gasteiger partial charge in [-0.3, -0.25) is 0 Å². The smallest absolute Gasteiger partial charge is 0.144 e. The summed E-state index contributed by atoms with van der Waals surface area (Å²) in [4.78, 5) is 0. The average Bonchev–Trinajstić information content (AvgIpc) is 2.57. The van der Waals surface area contributed by atoms with E-state index < -0.39 is 7.14 Å². The number of hydrogen-bond donors (Lipinski definition) is 1. The Bertz CT molecular complexity index is 463. The number of hydrogen-bond acceptors (Lipinski definition) is 3. The third kappa shape index (κ3) is 1.46. The molecule has 88 valence electrons. The van der Waals surface area contributed by atoms with Crippen LogP contribution >= 0.6 is 7.14 Å². The first-order valence-electron chi connectivity index (χ1n) is 5.41. The van der Waals surface area contributed by atoms with Crippen LogP contribution in [0.15, 0.2) is 18.2 Å². The molecule has 0 fully saturated rings. The first-order valence-corrected chi connectivity index (χ1v) is 7.30. The lowest BCUT2D eigenvalue weighted by Crippen LogP contribution is -2.23. The maximum Gasteiger partial charge on any atom is 0.144 e. The summed E-state index contributed by atoms with van der Waals surface area (Å²) in [7, 11) is -0.808. The molecular formula is C12H18NO2P. The van der Waals surface area contributed by atoms with Crippen LogP contribution in [0.1, 0.15) is 20.8 Å². The molecule has 1 aromatic rings. The second-order valence-electron chi connectivity index (χ2n) is 5.10. The van der Waals surface area contributed by atoms with Crippen molar-refractivity contribution in [3.63, 3.8) is 0 Å². The molecule has 1 N–H and O–H groups in total. The fraction of sp³-hybridized carbons (Fsp3) is 0.500. The van der Waals surface area contributed by atoms with Crippen molar-refractivity contribution in [3.05, 3.63) is 18.2 Å². The Morgan fingerprint density at radius 3 is 2.62 bits per heavy atom. The van der Waals surface area contributed by atoms with Gasteiger partial charge >= 0.3 is 0 Å². The van der Waals surface area contributed by atoms with Crippen LogP contribution in [-0.2, 0) is 4.57 Å². The maximum absolute atomic E-state index is 13.1. The molecule has 0 aromatic heterocycles. The molecule has 0 amide bonds. The highest BCUT2D eigenvalue weighted by Crippen LogP contribution is 2.62. The summed E-state index contributed by atoms with van der Waals surface area (Å²) in [5.41, 5.74) is 0.956. The zero-order valence-electron chi connectivity index (χ0n) is 10.2. The molecule has 0 radical (unpaired) electrons. The molecule has 1 heterocycles. The summed E-state index contributed by atoms with van der Waals surface area (Å²) in [6.07, 6.45) is 0.534. The van der Waals surface area contributed by atoms with Gasteiger partial charge in [-0.05, 0) is 12.1 Å². The Hall–Kier alpha value is -0.950. The van der Waals surface area contributed by atoms with Crippen molar-refractivity contribution in [2.45, 2.75) is 25.9 Å². The number of rotatable bonds is 1. The molecule has 0 aliphatic carbocycles. The van der Waals surface area contributed by atoms with Gasteiger partial charge in [0.15, 0.2) is 0 Å². The number of methoxy groups -OCH3 is 1. The van der Waals surface area contributed by atoms with Crippen LogP contribution in [0.4, 0.5) is 5.69 Å². The summed E-state index contributed by atoms with van der Waals surface area (Å²) in [6.45, 7) is 6.07. The largest absolute Gasteiger partial charge is 0.496 e. The topological polar surface area (TPSA) is 38.3 Å². The van der Waals surface area contributed by atoms with E-state index in [4.69, 9.17) is 4.74 Å². The van der Waals surface area contributed by atoms with Gasteiger partial charge in [-0.15, -0.1) is 0 Å². The molecule has 0 saturated carbocycles. The van der Waals surface area contributed by atoms with Crippen LogP contribution in [0.3, 0.4) is 0 Å². The standard InChI is InChI=1S/C12H18NO2P/c1-12(2,3)16(14)8-13-9-6-5-7-10(15-4)11(9)16/h5-7,13H,8H2,1-4H3. The quantitative estimate of drug-likeness (QED) is 0.766. The molecule has 0 spiro atoms. The van der Waals surface area contributed by atoms with E-state index in [0.29, 0.717) is 6.29 Å². The van der Waals surface area contributed by atoms with Gasteiger partial charge in [0.2, 0.25) is 0 Å². The summed E-state index contributed by atoms with van der Waals surface area (Å²) < 4.78 is 18.4. The first kappa shape index (κ1) is 11.5. The average molecular weight is 239 g/mol. The molecule has 4 heteroatoms. The Kier molecular flexibility index (Phi) is 2.54. The van der Waals surface area contributed by atoms with Gasteiger partial charge in [-0.25, -0.2) is 0 Å². The molecule has 2 rings (SSSR count). The van der Waals surface area contributed by atoms with Crippen molar-refractivity contribution in [1.29, 1.82) is 0 Å². The minimum absolute atomic E-state index is 0.236. The van der Waals surface area contributed by atoms with Crippen molar-refractivity contribution in [2.75, 3.05) is 18.7 Å². The van der Waals surface area contributed by atoms with Gasteiger partial charge < -0.3 is 14.6 Å². The van der Waals surface area contributed by atoms with E-state index in [1.165, 1.54) is 0 Å². The fourth-order valence-electron chi connectivity index (χ4n) is 2.05. The second-order valence-corrected chi connectivity index (χ2v) is 8.69. The minimum Gasteiger partial charge on any atom is -0.496 e. The number of nitrogens with one attached hydrogen (secondary N) is 1. The number of benzene rings is 1. The van der Waals surface area contributed by atoms with Crippen molar-refractivity contribution in [1.82, 2.24) is 0 Å².